The predicted molar refractivity (Wildman–Crippen MR) is 110 cm³/mol. The van der Waals surface area contributed by atoms with Gasteiger partial charge in [-0.25, -0.2) is 4.98 Å². The van der Waals surface area contributed by atoms with Gasteiger partial charge in [0.25, 0.3) is 5.56 Å². The van der Waals surface area contributed by atoms with Crippen LogP contribution in [0.15, 0.2) is 76.0 Å². The largest absolute Gasteiger partial charge is 0.282 e. The van der Waals surface area contributed by atoms with Crippen LogP contribution in [0.25, 0.3) is 10.2 Å². The summed E-state index contributed by atoms with van der Waals surface area (Å²) < 4.78 is 2.52. The molecule has 0 saturated heterocycles. The average Bonchev–Trinajstić information content (AvgIpc) is 3.13. The van der Waals surface area contributed by atoms with Crippen molar-refractivity contribution >= 4 is 33.3 Å². The van der Waals surface area contributed by atoms with Crippen molar-refractivity contribution in [2.75, 3.05) is 0 Å². The minimum Gasteiger partial charge on any atom is -0.282 e. The van der Waals surface area contributed by atoms with Gasteiger partial charge in [0, 0.05) is 5.75 Å². The fraction of sp³-hybridized carbons (Fsp3) is 0.143. The summed E-state index contributed by atoms with van der Waals surface area (Å²) in [5.41, 5.74) is 4.41. The number of aryl methyl sites for hydroxylation is 1. The van der Waals surface area contributed by atoms with Crippen LogP contribution in [0.4, 0.5) is 0 Å². The highest BCUT2D eigenvalue weighted by Gasteiger charge is 2.13. The Kier molecular flexibility index (Phi) is 4.91. The highest BCUT2D eigenvalue weighted by molar-refractivity contribution is 7.98. The monoisotopic (exact) mass is 378 g/mol. The Balaban J connectivity index is 1.70. The molecule has 26 heavy (non-hydrogen) atoms. The molecule has 0 bridgehead atoms. The highest BCUT2D eigenvalue weighted by atomic mass is 32.2. The van der Waals surface area contributed by atoms with Crippen LogP contribution < -0.4 is 5.56 Å². The second-order valence-corrected chi connectivity index (χ2v) is 8.04. The summed E-state index contributed by atoms with van der Waals surface area (Å²) in [5, 5.41) is 2.70. The van der Waals surface area contributed by atoms with Crippen molar-refractivity contribution in [2.45, 2.75) is 24.4 Å². The molecule has 0 aliphatic rings. The van der Waals surface area contributed by atoms with E-state index < -0.39 is 0 Å². The maximum Gasteiger partial charge on any atom is 0.272 e. The lowest BCUT2D eigenvalue weighted by atomic mass is 10.2. The number of benzene rings is 2. The lowest BCUT2D eigenvalue weighted by Crippen LogP contribution is -2.23. The van der Waals surface area contributed by atoms with Crippen molar-refractivity contribution in [3.05, 3.63) is 93.1 Å². The molecule has 0 fully saturated rings. The summed E-state index contributed by atoms with van der Waals surface area (Å²) in [4.78, 5) is 17.8. The first kappa shape index (κ1) is 17.1. The quantitative estimate of drug-likeness (QED) is 0.358. The van der Waals surface area contributed by atoms with E-state index in [1.165, 1.54) is 22.5 Å². The van der Waals surface area contributed by atoms with Gasteiger partial charge in [-0.1, -0.05) is 71.9 Å². The van der Waals surface area contributed by atoms with E-state index in [2.05, 4.69) is 31.2 Å². The Hall–Kier alpha value is -2.37. The first-order valence-electron chi connectivity index (χ1n) is 8.41. The Morgan fingerprint density at radius 1 is 1.00 bits per heavy atom. The van der Waals surface area contributed by atoms with Gasteiger partial charge in [-0.15, -0.1) is 11.3 Å². The van der Waals surface area contributed by atoms with Crippen LogP contribution in [0.2, 0.25) is 0 Å². The standard InChI is InChI=1S/C21H18N2OS2/c1-15-7-9-17(10-8-15)14-26-21-22-18-11-12-25-19(18)20(24)23(21)13-16-5-3-2-4-6-16/h2-12H,13-14H2,1H3. The van der Waals surface area contributed by atoms with Crippen molar-refractivity contribution in [2.24, 2.45) is 0 Å². The van der Waals surface area contributed by atoms with Gasteiger partial charge in [0.15, 0.2) is 5.16 Å². The molecule has 0 unspecified atom stereocenters. The molecule has 130 valence electrons. The summed E-state index contributed by atoms with van der Waals surface area (Å²) in [6.45, 7) is 2.62. The van der Waals surface area contributed by atoms with Crippen LogP contribution in [0, 0.1) is 6.92 Å². The third kappa shape index (κ3) is 3.59. The normalized spacial score (nSPS) is 11.1. The minimum absolute atomic E-state index is 0.0419. The minimum atomic E-state index is 0.0419. The Labute approximate surface area is 160 Å². The summed E-state index contributed by atoms with van der Waals surface area (Å²) in [7, 11) is 0. The van der Waals surface area contributed by atoms with E-state index in [1.54, 1.807) is 16.3 Å². The predicted octanol–water partition coefficient (Wildman–Crippen LogP) is 5.11. The van der Waals surface area contributed by atoms with E-state index in [0.717, 1.165) is 26.7 Å². The molecule has 0 saturated carbocycles. The molecule has 0 radical (unpaired) electrons. The molecule has 0 aliphatic carbocycles. The zero-order valence-corrected chi connectivity index (χ0v) is 16.0. The number of thioether (sulfide) groups is 1. The number of hydrogen-bond acceptors (Lipinski definition) is 4. The molecular formula is C21H18N2OS2. The molecule has 4 rings (SSSR count). The molecule has 0 amide bonds. The summed E-state index contributed by atoms with van der Waals surface area (Å²) in [5.74, 6) is 0.789. The molecule has 4 aromatic rings. The molecule has 2 aromatic heterocycles. The van der Waals surface area contributed by atoms with Crippen molar-refractivity contribution in [1.82, 2.24) is 9.55 Å². The van der Waals surface area contributed by atoms with Crippen LogP contribution in [0.1, 0.15) is 16.7 Å². The molecule has 2 aromatic carbocycles. The Morgan fingerprint density at radius 2 is 1.77 bits per heavy atom. The third-order valence-electron chi connectivity index (χ3n) is 4.20. The van der Waals surface area contributed by atoms with Gasteiger partial charge in [0.2, 0.25) is 0 Å². The van der Waals surface area contributed by atoms with Gasteiger partial charge in [-0.05, 0) is 29.5 Å². The van der Waals surface area contributed by atoms with E-state index in [9.17, 15) is 4.79 Å². The fourth-order valence-corrected chi connectivity index (χ4v) is 4.50. The van der Waals surface area contributed by atoms with Gasteiger partial charge in [-0.3, -0.25) is 9.36 Å². The molecule has 2 heterocycles. The second kappa shape index (κ2) is 7.48. The lowest BCUT2D eigenvalue weighted by Gasteiger charge is -2.12. The van der Waals surface area contributed by atoms with Crippen LogP contribution in [-0.2, 0) is 12.3 Å². The van der Waals surface area contributed by atoms with E-state index in [1.807, 2.05) is 41.8 Å². The van der Waals surface area contributed by atoms with E-state index in [0.29, 0.717) is 6.54 Å². The van der Waals surface area contributed by atoms with Gasteiger partial charge < -0.3 is 0 Å². The number of fused-ring (bicyclic) bond motifs is 1. The zero-order chi connectivity index (χ0) is 17.9. The maximum absolute atomic E-state index is 13.0. The van der Waals surface area contributed by atoms with E-state index in [-0.39, 0.29) is 5.56 Å². The van der Waals surface area contributed by atoms with Crippen molar-refractivity contribution in [1.29, 1.82) is 0 Å². The Bertz CT molecular complexity index is 1080. The van der Waals surface area contributed by atoms with Gasteiger partial charge in [0.1, 0.15) is 4.70 Å². The fourth-order valence-electron chi connectivity index (χ4n) is 2.77. The molecule has 0 aliphatic heterocycles. The first-order chi connectivity index (χ1) is 12.7. The lowest BCUT2D eigenvalue weighted by molar-refractivity contribution is 0.659. The molecule has 0 atom stereocenters. The number of aromatic nitrogens is 2. The molecule has 5 heteroatoms. The van der Waals surface area contributed by atoms with Crippen molar-refractivity contribution < 1.29 is 0 Å². The van der Waals surface area contributed by atoms with Crippen LogP contribution in [-0.4, -0.2) is 9.55 Å². The number of nitrogens with zero attached hydrogens (tertiary/aromatic N) is 2. The number of hydrogen-bond donors (Lipinski definition) is 0. The Morgan fingerprint density at radius 3 is 2.54 bits per heavy atom. The van der Waals surface area contributed by atoms with Crippen molar-refractivity contribution in [3.63, 3.8) is 0 Å². The first-order valence-corrected chi connectivity index (χ1v) is 10.3. The highest BCUT2D eigenvalue weighted by Crippen LogP contribution is 2.24. The van der Waals surface area contributed by atoms with E-state index >= 15 is 0 Å². The van der Waals surface area contributed by atoms with Crippen LogP contribution in [0.5, 0.6) is 0 Å². The van der Waals surface area contributed by atoms with Crippen LogP contribution >= 0.6 is 23.1 Å². The third-order valence-corrected chi connectivity index (χ3v) is 6.14. The number of thiophene rings is 1. The maximum atomic E-state index is 13.0. The molecular weight excluding hydrogens is 360 g/mol. The van der Waals surface area contributed by atoms with Gasteiger partial charge in [0.05, 0.1) is 12.1 Å². The molecule has 0 N–H and O–H groups in total. The second-order valence-electron chi connectivity index (χ2n) is 6.18. The smallest absolute Gasteiger partial charge is 0.272 e. The van der Waals surface area contributed by atoms with Gasteiger partial charge in [-0.2, -0.15) is 0 Å². The average molecular weight is 379 g/mol. The molecule has 0 spiro atoms. The van der Waals surface area contributed by atoms with Crippen molar-refractivity contribution in [3.8, 4) is 0 Å². The summed E-state index contributed by atoms with van der Waals surface area (Å²) in [6, 6.07) is 20.5. The zero-order valence-electron chi connectivity index (χ0n) is 14.4. The summed E-state index contributed by atoms with van der Waals surface area (Å²) in [6.07, 6.45) is 0. The van der Waals surface area contributed by atoms with Crippen LogP contribution in [0.3, 0.4) is 0 Å². The number of rotatable bonds is 5. The van der Waals surface area contributed by atoms with E-state index in [4.69, 9.17) is 4.98 Å². The topological polar surface area (TPSA) is 34.9 Å². The SMILES string of the molecule is Cc1ccc(CSc2nc3ccsc3c(=O)n2Cc2ccccc2)cc1. The molecule has 3 nitrogen and oxygen atoms in total. The summed E-state index contributed by atoms with van der Waals surface area (Å²) >= 11 is 3.07. The van der Waals surface area contributed by atoms with Gasteiger partial charge >= 0.3 is 0 Å².